The van der Waals surface area contributed by atoms with E-state index in [-0.39, 0.29) is 12.0 Å². The van der Waals surface area contributed by atoms with Crippen LogP contribution in [0.4, 0.5) is 0 Å². The molecular formula is C6H8N2O. The van der Waals surface area contributed by atoms with Gasteiger partial charge in [-0.1, -0.05) is 6.08 Å². The molecule has 1 heterocycles. The number of fused-ring (bicyclic) bond motifs is 1. The van der Waals surface area contributed by atoms with Crippen LogP contribution in [-0.4, -0.2) is 23.6 Å². The molecule has 0 amide bonds. The second-order valence-corrected chi connectivity index (χ2v) is 2.39. The molecule has 0 radical (unpaired) electrons. The molecule has 0 aromatic carbocycles. The number of nitrogens with zero attached hydrogens (tertiary/aromatic N) is 1. The third-order valence-corrected chi connectivity index (χ3v) is 1.83. The summed E-state index contributed by atoms with van der Waals surface area (Å²) in [5.74, 6) is 0.679. The molecule has 1 fully saturated rings. The van der Waals surface area contributed by atoms with E-state index in [9.17, 15) is 0 Å². The molecule has 0 aromatic heterocycles. The maximum Gasteiger partial charge on any atom is 0.104 e. The standard InChI is InChI=1S/C6H8N2O/c7-6-4-3(5(4)9)1-2-8-6/h1,4-5,9H,2H2,(H2,7,8)/t4?,5-/m1/s1. The summed E-state index contributed by atoms with van der Waals surface area (Å²) >= 11 is 0. The highest BCUT2D eigenvalue weighted by Gasteiger charge is 2.46. The largest absolute Gasteiger partial charge is 0.388 e. The number of aliphatic hydroxyl groups excluding tert-OH is 1. The summed E-state index contributed by atoms with van der Waals surface area (Å²) in [7, 11) is 0. The Kier molecular flexibility index (Phi) is 0.754. The van der Waals surface area contributed by atoms with Crippen LogP contribution in [0.1, 0.15) is 0 Å². The van der Waals surface area contributed by atoms with E-state index < -0.39 is 0 Å². The number of nitrogens with two attached hydrogens (primary N) is 1. The second-order valence-electron chi connectivity index (χ2n) is 2.39. The molecule has 3 heteroatoms. The SMILES string of the molecule is NC1=NCC=C2C1[C@@H]2O. The predicted octanol–water partition coefficient (Wildman–Crippen LogP) is -0.726. The van der Waals surface area contributed by atoms with Crippen molar-refractivity contribution >= 4 is 5.84 Å². The molecule has 0 aromatic rings. The zero-order valence-electron chi connectivity index (χ0n) is 4.91. The molecule has 0 bridgehead atoms. The normalized spacial score (nSPS) is 38.8. The minimum atomic E-state index is -0.309. The summed E-state index contributed by atoms with van der Waals surface area (Å²) in [4.78, 5) is 3.96. The van der Waals surface area contributed by atoms with Gasteiger partial charge in [0.15, 0.2) is 0 Å². The molecule has 1 unspecified atom stereocenters. The van der Waals surface area contributed by atoms with Gasteiger partial charge in [-0.3, -0.25) is 4.99 Å². The predicted molar refractivity (Wildman–Crippen MR) is 34.1 cm³/mol. The molecule has 48 valence electrons. The Morgan fingerprint density at radius 2 is 2.56 bits per heavy atom. The minimum Gasteiger partial charge on any atom is -0.388 e. The van der Waals surface area contributed by atoms with Crippen LogP contribution in [0.3, 0.4) is 0 Å². The van der Waals surface area contributed by atoms with Crippen molar-refractivity contribution in [1.82, 2.24) is 0 Å². The fourth-order valence-electron chi connectivity index (χ4n) is 1.20. The van der Waals surface area contributed by atoms with E-state index in [2.05, 4.69) is 4.99 Å². The van der Waals surface area contributed by atoms with Crippen LogP contribution in [0.25, 0.3) is 0 Å². The van der Waals surface area contributed by atoms with Crippen LogP contribution in [0.5, 0.6) is 0 Å². The molecule has 2 aliphatic rings. The zero-order chi connectivity index (χ0) is 6.43. The van der Waals surface area contributed by atoms with Crippen molar-refractivity contribution in [3.05, 3.63) is 11.6 Å². The number of hydrogen-bond donors (Lipinski definition) is 2. The lowest BCUT2D eigenvalue weighted by Crippen LogP contribution is -2.17. The Balaban J connectivity index is 2.29. The molecule has 0 saturated heterocycles. The summed E-state index contributed by atoms with van der Waals surface area (Å²) in [6.07, 6.45) is 1.63. The average molecular weight is 124 g/mol. The van der Waals surface area contributed by atoms with Crippen LogP contribution in [0.15, 0.2) is 16.6 Å². The van der Waals surface area contributed by atoms with E-state index >= 15 is 0 Å². The van der Waals surface area contributed by atoms with Gasteiger partial charge in [-0.05, 0) is 5.57 Å². The Morgan fingerprint density at radius 3 is 3.11 bits per heavy atom. The summed E-state index contributed by atoms with van der Waals surface area (Å²) in [5.41, 5.74) is 6.52. The average Bonchev–Trinajstić information content (AvgIpc) is 2.45. The lowest BCUT2D eigenvalue weighted by molar-refractivity contribution is 0.280. The van der Waals surface area contributed by atoms with Crippen LogP contribution >= 0.6 is 0 Å². The van der Waals surface area contributed by atoms with Crippen LogP contribution < -0.4 is 5.73 Å². The highest BCUT2D eigenvalue weighted by atomic mass is 16.3. The minimum absolute atomic E-state index is 0.0822. The fourth-order valence-corrected chi connectivity index (χ4v) is 1.20. The molecule has 1 saturated carbocycles. The maximum atomic E-state index is 9.07. The quantitative estimate of drug-likeness (QED) is 0.418. The first kappa shape index (κ1) is 4.99. The summed E-state index contributed by atoms with van der Waals surface area (Å²) < 4.78 is 0. The Bertz CT molecular complexity index is 195. The van der Waals surface area contributed by atoms with Crippen LogP contribution in [0, 0.1) is 5.92 Å². The molecule has 3 N–H and O–H groups in total. The van der Waals surface area contributed by atoms with Gasteiger partial charge < -0.3 is 10.8 Å². The monoisotopic (exact) mass is 124 g/mol. The Morgan fingerprint density at radius 1 is 1.78 bits per heavy atom. The van der Waals surface area contributed by atoms with Gasteiger partial charge in [0.25, 0.3) is 0 Å². The number of aliphatic hydroxyl groups is 1. The second kappa shape index (κ2) is 1.36. The van der Waals surface area contributed by atoms with E-state index in [1.807, 2.05) is 6.08 Å². The Labute approximate surface area is 52.9 Å². The summed E-state index contributed by atoms with van der Waals surface area (Å²) in [6.45, 7) is 0.648. The van der Waals surface area contributed by atoms with Gasteiger partial charge in [-0.2, -0.15) is 0 Å². The first-order valence-corrected chi connectivity index (χ1v) is 2.98. The van der Waals surface area contributed by atoms with Crippen molar-refractivity contribution in [1.29, 1.82) is 0 Å². The number of amidine groups is 1. The summed E-state index contributed by atoms with van der Waals surface area (Å²) in [6, 6.07) is 0. The van der Waals surface area contributed by atoms with Gasteiger partial charge in [-0.25, -0.2) is 0 Å². The third-order valence-electron chi connectivity index (χ3n) is 1.83. The van der Waals surface area contributed by atoms with Crippen molar-refractivity contribution in [3.8, 4) is 0 Å². The molecular weight excluding hydrogens is 116 g/mol. The highest BCUT2D eigenvalue weighted by Crippen LogP contribution is 2.39. The Hall–Kier alpha value is -0.830. The lowest BCUT2D eigenvalue weighted by Gasteiger charge is -1.97. The van der Waals surface area contributed by atoms with Gasteiger partial charge >= 0.3 is 0 Å². The van der Waals surface area contributed by atoms with Crippen molar-refractivity contribution in [2.24, 2.45) is 16.6 Å². The van der Waals surface area contributed by atoms with E-state index in [0.29, 0.717) is 12.4 Å². The molecule has 0 spiro atoms. The van der Waals surface area contributed by atoms with Crippen molar-refractivity contribution in [2.75, 3.05) is 6.54 Å². The van der Waals surface area contributed by atoms with Crippen LogP contribution in [0.2, 0.25) is 0 Å². The van der Waals surface area contributed by atoms with Gasteiger partial charge in [0.2, 0.25) is 0 Å². The van der Waals surface area contributed by atoms with Gasteiger partial charge in [0.05, 0.1) is 18.6 Å². The smallest absolute Gasteiger partial charge is 0.104 e. The van der Waals surface area contributed by atoms with Crippen molar-refractivity contribution in [3.63, 3.8) is 0 Å². The molecule has 9 heavy (non-hydrogen) atoms. The number of dihydropyridines is 1. The fraction of sp³-hybridized carbons (Fsp3) is 0.500. The summed E-state index contributed by atoms with van der Waals surface area (Å²) in [5, 5.41) is 9.07. The van der Waals surface area contributed by atoms with E-state index in [1.54, 1.807) is 0 Å². The molecule has 2 atom stereocenters. The van der Waals surface area contributed by atoms with Gasteiger partial charge in [0, 0.05) is 0 Å². The van der Waals surface area contributed by atoms with Crippen molar-refractivity contribution < 1.29 is 5.11 Å². The first-order chi connectivity index (χ1) is 4.30. The van der Waals surface area contributed by atoms with Crippen molar-refractivity contribution in [2.45, 2.75) is 6.10 Å². The van der Waals surface area contributed by atoms with Gasteiger partial charge in [0.1, 0.15) is 5.84 Å². The molecule has 3 nitrogen and oxygen atoms in total. The molecule has 1 aliphatic heterocycles. The van der Waals surface area contributed by atoms with E-state index in [1.165, 1.54) is 0 Å². The van der Waals surface area contributed by atoms with E-state index in [4.69, 9.17) is 10.8 Å². The number of rotatable bonds is 0. The van der Waals surface area contributed by atoms with Crippen LogP contribution in [-0.2, 0) is 0 Å². The maximum absolute atomic E-state index is 9.07. The van der Waals surface area contributed by atoms with Gasteiger partial charge in [-0.15, -0.1) is 0 Å². The van der Waals surface area contributed by atoms with E-state index in [0.717, 1.165) is 5.57 Å². The highest BCUT2D eigenvalue weighted by molar-refractivity contribution is 5.92. The topological polar surface area (TPSA) is 58.6 Å². The molecule has 2 rings (SSSR count). The number of hydrogen-bond acceptors (Lipinski definition) is 3. The molecule has 1 aliphatic carbocycles. The zero-order valence-corrected chi connectivity index (χ0v) is 4.91. The lowest BCUT2D eigenvalue weighted by atomic mass is 10.3. The number of aliphatic imine (C=N–C) groups is 1. The first-order valence-electron chi connectivity index (χ1n) is 2.98. The third kappa shape index (κ3) is 0.522.